The quantitative estimate of drug-likeness (QED) is 0.417. The van der Waals surface area contributed by atoms with Gasteiger partial charge in [0.05, 0.1) is 11.5 Å². The summed E-state index contributed by atoms with van der Waals surface area (Å²) in [5, 5.41) is 6.53. The summed E-state index contributed by atoms with van der Waals surface area (Å²) >= 11 is 6.53. The minimum absolute atomic E-state index is 0.132. The highest BCUT2D eigenvalue weighted by atomic mass is 32.2. The molecule has 0 spiro atoms. The summed E-state index contributed by atoms with van der Waals surface area (Å²) < 4.78 is 0. The van der Waals surface area contributed by atoms with Crippen molar-refractivity contribution in [3.05, 3.63) is 29.8 Å². The Balaban J connectivity index is 1.59. The Labute approximate surface area is 177 Å². The smallest absolute Gasteiger partial charge is 0.248 e. The summed E-state index contributed by atoms with van der Waals surface area (Å²) in [7, 11) is 0. The number of carbonyl (C=O) groups is 2. The van der Waals surface area contributed by atoms with Crippen molar-refractivity contribution in [2.45, 2.75) is 46.1 Å². The van der Waals surface area contributed by atoms with E-state index in [-0.39, 0.29) is 23.3 Å². The second kappa shape index (κ2) is 11.3. The molecular formula is C20H30N4O2S2. The first-order chi connectivity index (χ1) is 13.3. The number of hydrogen-bond donors (Lipinski definition) is 4. The van der Waals surface area contributed by atoms with Crippen LogP contribution in [0.1, 0.15) is 38.7 Å². The van der Waals surface area contributed by atoms with Crippen LogP contribution in [0.3, 0.4) is 0 Å². The van der Waals surface area contributed by atoms with Crippen LogP contribution < -0.4 is 21.5 Å². The molecule has 1 aromatic rings. The van der Waals surface area contributed by atoms with Gasteiger partial charge in [-0.25, -0.2) is 0 Å². The zero-order valence-electron chi connectivity index (χ0n) is 16.7. The van der Waals surface area contributed by atoms with E-state index in [4.69, 9.17) is 12.2 Å². The molecule has 0 unspecified atom stereocenters. The number of nitrogens with one attached hydrogen (secondary N) is 4. The highest BCUT2D eigenvalue weighted by Gasteiger charge is 2.27. The molecule has 4 N–H and O–H groups in total. The molecule has 8 heteroatoms. The first kappa shape index (κ1) is 22.5. The highest BCUT2D eigenvalue weighted by molar-refractivity contribution is 8.00. The van der Waals surface area contributed by atoms with Crippen LogP contribution in [-0.4, -0.2) is 34.5 Å². The zero-order valence-corrected chi connectivity index (χ0v) is 18.3. The Hall–Kier alpha value is -1.80. The van der Waals surface area contributed by atoms with Gasteiger partial charge < -0.3 is 10.6 Å². The summed E-state index contributed by atoms with van der Waals surface area (Å²) in [5.74, 6) is 1.25. The molecule has 1 saturated carbocycles. The predicted molar refractivity (Wildman–Crippen MR) is 120 cm³/mol. The van der Waals surface area contributed by atoms with Gasteiger partial charge in [0.25, 0.3) is 0 Å². The molecule has 1 aliphatic carbocycles. The van der Waals surface area contributed by atoms with Gasteiger partial charge in [0.2, 0.25) is 11.8 Å². The van der Waals surface area contributed by atoms with Gasteiger partial charge in [0.15, 0.2) is 5.11 Å². The molecule has 0 bridgehead atoms. The van der Waals surface area contributed by atoms with Crippen molar-refractivity contribution in [2.75, 3.05) is 16.8 Å². The number of thioether (sulfide) groups is 1. The minimum atomic E-state index is -0.220. The molecule has 0 saturated heterocycles. The summed E-state index contributed by atoms with van der Waals surface area (Å²) in [5.41, 5.74) is 7.23. The number of benzene rings is 1. The van der Waals surface area contributed by atoms with E-state index in [0.29, 0.717) is 23.0 Å². The van der Waals surface area contributed by atoms with Gasteiger partial charge >= 0.3 is 0 Å². The molecule has 3 atom stereocenters. The van der Waals surface area contributed by atoms with Gasteiger partial charge in [-0.15, -0.1) is 11.8 Å². The van der Waals surface area contributed by atoms with Gasteiger partial charge in [-0.1, -0.05) is 44.4 Å². The molecule has 28 heavy (non-hydrogen) atoms. The number of thiocarbonyl (C=S) groups is 1. The molecule has 154 valence electrons. The second-order valence-corrected chi connectivity index (χ2v) is 8.82. The lowest BCUT2D eigenvalue weighted by atomic mass is 9.78. The predicted octanol–water partition coefficient (Wildman–Crippen LogP) is 2.99. The van der Waals surface area contributed by atoms with Gasteiger partial charge in [-0.2, -0.15) is 0 Å². The van der Waals surface area contributed by atoms with Crippen LogP contribution in [0.5, 0.6) is 0 Å². The third-order valence-corrected chi connectivity index (χ3v) is 6.29. The summed E-state index contributed by atoms with van der Waals surface area (Å²) in [6.07, 6.45) is 3.54. The van der Waals surface area contributed by atoms with E-state index < -0.39 is 0 Å². The van der Waals surface area contributed by atoms with Crippen LogP contribution in [0.4, 0.5) is 5.69 Å². The second-order valence-electron chi connectivity index (χ2n) is 7.43. The molecule has 1 aliphatic rings. The third kappa shape index (κ3) is 7.67. The summed E-state index contributed by atoms with van der Waals surface area (Å²) in [6.45, 7) is 6.50. The summed E-state index contributed by atoms with van der Waals surface area (Å²) in [4.78, 5) is 23.8. The number of aryl methyl sites for hydroxylation is 1. The summed E-state index contributed by atoms with van der Waals surface area (Å²) in [6, 6.07) is 7.92. The van der Waals surface area contributed by atoms with Crippen molar-refractivity contribution < 1.29 is 9.59 Å². The van der Waals surface area contributed by atoms with Crippen molar-refractivity contribution in [3.8, 4) is 0 Å². The van der Waals surface area contributed by atoms with Crippen LogP contribution in [0, 0.1) is 18.8 Å². The van der Waals surface area contributed by atoms with E-state index in [9.17, 15) is 9.59 Å². The Morgan fingerprint density at radius 3 is 2.46 bits per heavy atom. The SMILES string of the molecule is Cc1ccc(NC(=O)CSCC(=O)NNC(=S)N[C@H]2CCC[C@@H](C)[C@@H]2C)cc1. The number of carbonyl (C=O) groups excluding carboxylic acids is 2. The van der Waals surface area contributed by atoms with Crippen molar-refractivity contribution >= 4 is 46.6 Å². The molecule has 2 rings (SSSR count). The maximum absolute atomic E-state index is 11.9. The van der Waals surface area contributed by atoms with Gasteiger partial charge in [-0.05, 0) is 49.5 Å². The molecule has 2 amide bonds. The molecular weight excluding hydrogens is 392 g/mol. The maximum atomic E-state index is 11.9. The van der Waals surface area contributed by atoms with Crippen LogP contribution in [0.15, 0.2) is 24.3 Å². The standard InChI is InChI=1S/C20H30N4O2S2/c1-13-7-9-16(10-8-13)21-18(25)11-28-12-19(26)23-24-20(27)22-17-6-4-5-14(2)15(17)3/h7-10,14-15,17H,4-6,11-12H2,1-3H3,(H,21,25)(H,23,26)(H2,22,24,27)/t14-,15+,17+/m1/s1. The average Bonchev–Trinajstić information content (AvgIpc) is 2.66. The van der Waals surface area contributed by atoms with Crippen LogP contribution in [0.2, 0.25) is 0 Å². The largest absolute Gasteiger partial charge is 0.358 e. The monoisotopic (exact) mass is 422 g/mol. The average molecular weight is 423 g/mol. The molecule has 0 aliphatic heterocycles. The molecule has 6 nitrogen and oxygen atoms in total. The molecule has 0 heterocycles. The van der Waals surface area contributed by atoms with E-state index in [1.807, 2.05) is 31.2 Å². The Morgan fingerprint density at radius 2 is 1.75 bits per heavy atom. The van der Waals surface area contributed by atoms with Crippen LogP contribution >= 0.6 is 24.0 Å². The van der Waals surface area contributed by atoms with E-state index in [0.717, 1.165) is 17.7 Å². The van der Waals surface area contributed by atoms with Crippen molar-refractivity contribution in [3.63, 3.8) is 0 Å². The van der Waals surface area contributed by atoms with Gasteiger partial charge in [-0.3, -0.25) is 20.4 Å². The fourth-order valence-corrected chi connectivity index (χ4v) is 4.04. The highest BCUT2D eigenvalue weighted by Crippen LogP contribution is 2.29. The normalized spacial score (nSPS) is 21.5. The molecule has 1 aromatic carbocycles. The third-order valence-electron chi connectivity index (χ3n) is 5.14. The van der Waals surface area contributed by atoms with Gasteiger partial charge in [0, 0.05) is 11.7 Å². The number of amides is 2. The lowest BCUT2D eigenvalue weighted by molar-refractivity contribution is -0.119. The first-order valence-corrected chi connectivity index (χ1v) is 11.2. The number of hydrazine groups is 1. The Kier molecular flexibility index (Phi) is 9.05. The maximum Gasteiger partial charge on any atom is 0.248 e. The Bertz CT molecular complexity index is 681. The topological polar surface area (TPSA) is 82.3 Å². The van der Waals surface area contributed by atoms with E-state index in [1.54, 1.807) is 0 Å². The van der Waals surface area contributed by atoms with Gasteiger partial charge in [0.1, 0.15) is 0 Å². The minimum Gasteiger partial charge on any atom is -0.358 e. The van der Waals surface area contributed by atoms with Crippen LogP contribution in [-0.2, 0) is 9.59 Å². The number of hydrogen-bond acceptors (Lipinski definition) is 4. The molecule has 1 fully saturated rings. The fraction of sp³-hybridized carbons (Fsp3) is 0.550. The van der Waals surface area contributed by atoms with Crippen molar-refractivity contribution in [1.29, 1.82) is 0 Å². The van der Waals surface area contributed by atoms with Crippen molar-refractivity contribution in [2.24, 2.45) is 11.8 Å². The fourth-order valence-electron chi connectivity index (χ4n) is 3.22. The number of rotatable bonds is 6. The van der Waals surface area contributed by atoms with Crippen molar-refractivity contribution in [1.82, 2.24) is 16.2 Å². The lowest BCUT2D eigenvalue weighted by Gasteiger charge is -2.35. The van der Waals surface area contributed by atoms with E-state index in [1.165, 1.54) is 24.6 Å². The lowest BCUT2D eigenvalue weighted by Crippen LogP contribution is -2.52. The Morgan fingerprint density at radius 1 is 1.07 bits per heavy atom. The van der Waals surface area contributed by atoms with Crippen LogP contribution in [0.25, 0.3) is 0 Å². The molecule has 0 aromatic heterocycles. The zero-order chi connectivity index (χ0) is 20.5. The van der Waals surface area contributed by atoms with E-state index in [2.05, 4.69) is 35.3 Å². The number of anilines is 1. The van der Waals surface area contributed by atoms with E-state index >= 15 is 0 Å². The molecule has 0 radical (unpaired) electrons. The first-order valence-electron chi connectivity index (χ1n) is 9.64.